The SMILES string of the molecule is COCCc1ccc(OC2CCCC2CN)cc1. The van der Waals surface area contributed by atoms with Crippen LogP contribution in [-0.4, -0.2) is 26.4 Å². The van der Waals surface area contributed by atoms with E-state index in [1.165, 1.54) is 18.4 Å². The molecule has 0 radical (unpaired) electrons. The summed E-state index contributed by atoms with van der Waals surface area (Å²) in [6.07, 6.45) is 4.82. The molecule has 0 bridgehead atoms. The average molecular weight is 249 g/mol. The van der Waals surface area contributed by atoms with Gasteiger partial charge < -0.3 is 15.2 Å². The first-order valence-electron chi connectivity index (χ1n) is 6.78. The smallest absolute Gasteiger partial charge is 0.119 e. The van der Waals surface area contributed by atoms with Gasteiger partial charge in [0.1, 0.15) is 11.9 Å². The zero-order valence-corrected chi connectivity index (χ0v) is 11.1. The topological polar surface area (TPSA) is 44.5 Å². The first-order chi connectivity index (χ1) is 8.83. The molecule has 1 aliphatic carbocycles. The maximum atomic E-state index is 6.03. The van der Waals surface area contributed by atoms with Gasteiger partial charge in [0.2, 0.25) is 0 Å². The molecule has 0 heterocycles. The van der Waals surface area contributed by atoms with E-state index < -0.39 is 0 Å². The summed E-state index contributed by atoms with van der Waals surface area (Å²) in [7, 11) is 1.73. The van der Waals surface area contributed by atoms with Crippen molar-refractivity contribution in [1.82, 2.24) is 0 Å². The molecule has 1 saturated carbocycles. The number of ether oxygens (including phenoxy) is 2. The third-order valence-corrected chi connectivity index (χ3v) is 3.70. The lowest BCUT2D eigenvalue weighted by molar-refractivity contribution is 0.162. The molecular weight excluding hydrogens is 226 g/mol. The molecule has 100 valence electrons. The molecular formula is C15H23NO2. The van der Waals surface area contributed by atoms with E-state index >= 15 is 0 Å². The summed E-state index contributed by atoms with van der Waals surface area (Å²) in [6.45, 7) is 1.49. The van der Waals surface area contributed by atoms with Crippen molar-refractivity contribution in [3.05, 3.63) is 29.8 Å². The standard InChI is InChI=1S/C15H23NO2/c1-17-10-9-12-5-7-14(8-6-12)18-15-4-2-3-13(15)11-16/h5-8,13,15H,2-4,9-11,16H2,1H3. The molecule has 1 aliphatic rings. The molecule has 2 rings (SSSR count). The fourth-order valence-electron chi connectivity index (χ4n) is 2.56. The Bertz CT molecular complexity index is 350. The third kappa shape index (κ3) is 3.47. The summed E-state index contributed by atoms with van der Waals surface area (Å²) in [6, 6.07) is 8.33. The van der Waals surface area contributed by atoms with Crippen LogP contribution in [0.2, 0.25) is 0 Å². The molecule has 0 amide bonds. The summed E-state index contributed by atoms with van der Waals surface area (Å²) in [5, 5.41) is 0. The van der Waals surface area contributed by atoms with E-state index in [9.17, 15) is 0 Å². The summed E-state index contributed by atoms with van der Waals surface area (Å²) < 4.78 is 11.1. The van der Waals surface area contributed by atoms with Crippen LogP contribution < -0.4 is 10.5 Å². The predicted octanol–water partition coefficient (Wildman–Crippen LogP) is 2.38. The Hall–Kier alpha value is -1.06. The maximum absolute atomic E-state index is 6.03. The van der Waals surface area contributed by atoms with Gasteiger partial charge in [-0.1, -0.05) is 12.1 Å². The Kier molecular flexibility index (Phi) is 5.02. The maximum Gasteiger partial charge on any atom is 0.119 e. The van der Waals surface area contributed by atoms with Crippen molar-refractivity contribution >= 4 is 0 Å². The molecule has 1 fully saturated rings. The Morgan fingerprint density at radius 1 is 1.22 bits per heavy atom. The van der Waals surface area contributed by atoms with Crippen molar-refractivity contribution in [2.45, 2.75) is 31.8 Å². The van der Waals surface area contributed by atoms with Crippen LogP contribution in [0.15, 0.2) is 24.3 Å². The summed E-state index contributed by atoms with van der Waals surface area (Å²) in [5.41, 5.74) is 7.05. The second-order valence-corrected chi connectivity index (χ2v) is 4.97. The Morgan fingerprint density at radius 2 is 2.00 bits per heavy atom. The molecule has 1 aromatic rings. The molecule has 0 aromatic heterocycles. The molecule has 0 aliphatic heterocycles. The Morgan fingerprint density at radius 3 is 2.67 bits per heavy atom. The van der Waals surface area contributed by atoms with Crippen molar-refractivity contribution in [2.24, 2.45) is 11.7 Å². The first kappa shape index (κ1) is 13.4. The molecule has 3 heteroatoms. The zero-order chi connectivity index (χ0) is 12.8. The predicted molar refractivity (Wildman–Crippen MR) is 72.8 cm³/mol. The molecule has 18 heavy (non-hydrogen) atoms. The number of hydrogen-bond donors (Lipinski definition) is 1. The first-order valence-corrected chi connectivity index (χ1v) is 6.78. The lowest BCUT2D eigenvalue weighted by Gasteiger charge is -2.20. The quantitative estimate of drug-likeness (QED) is 0.842. The van der Waals surface area contributed by atoms with E-state index in [0.717, 1.165) is 31.7 Å². The van der Waals surface area contributed by atoms with Crippen LogP contribution in [0.1, 0.15) is 24.8 Å². The number of hydrogen-bond acceptors (Lipinski definition) is 3. The number of benzene rings is 1. The fraction of sp³-hybridized carbons (Fsp3) is 0.600. The highest BCUT2D eigenvalue weighted by Gasteiger charge is 2.27. The number of nitrogens with two attached hydrogens (primary N) is 1. The molecule has 1 aromatic carbocycles. The van der Waals surface area contributed by atoms with Gasteiger partial charge in [-0.2, -0.15) is 0 Å². The van der Waals surface area contributed by atoms with E-state index in [4.69, 9.17) is 15.2 Å². The van der Waals surface area contributed by atoms with Crippen molar-refractivity contribution in [3.8, 4) is 5.75 Å². The zero-order valence-electron chi connectivity index (χ0n) is 11.1. The molecule has 2 N–H and O–H groups in total. The highest BCUT2D eigenvalue weighted by Crippen LogP contribution is 2.29. The molecule has 0 spiro atoms. The van der Waals surface area contributed by atoms with Crippen LogP contribution >= 0.6 is 0 Å². The van der Waals surface area contributed by atoms with Crippen LogP contribution in [0, 0.1) is 5.92 Å². The minimum Gasteiger partial charge on any atom is -0.490 e. The largest absolute Gasteiger partial charge is 0.490 e. The van der Waals surface area contributed by atoms with Gasteiger partial charge in [-0.15, -0.1) is 0 Å². The fourth-order valence-corrected chi connectivity index (χ4v) is 2.56. The number of methoxy groups -OCH3 is 1. The molecule has 3 nitrogen and oxygen atoms in total. The van der Waals surface area contributed by atoms with E-state index in [1.807, 2.05) is 0 Å². The minimum absolute atomic E-state index is 0.305. The van der Waals surface area contributed by atoms with E-state index in [2.05, 4.69) is 24.3 Å². The van der Waals surface area contributed by atoms with Crippen molar-refractivity contribution < 1.29 is 9.47 Å². The van der Waals surface area contributed by atoms with E-state index in [1.54, 1.807) is 7.11 Å². The van der Waals surface area contributed by atoms with Gasteiger partial charge in [0.05, 0.1) is 6.61 Å². The van der Waals surface area contributed by atoms with Crippen LogP contribution in [0.3, 0.4) is 0 Å². The monoisotopic (exact) mass is 249 g/mol. The van der Waals surface area contributed by atoms with Crippen LogP contribution in [0.4, 0.5) is 0 Å². The minimum atomic E-state index is 0.305. The lowest BCUT2D eigenvalue weighted by Crippen LogP contribution is -2.27. The summed E-state index contributed by atoms with van der Waals surface area (Å²) in [4.78, 5) is 0. The van der Waals surface area contributed by atoms with Crippen molar-refractivity contribution in [3.63, 3.8) is 0 Å². The highest BCUT2D eigenvalue weighted by molar-refractivity contribution is 5.27. The van der Waals surface area contributed by atoms with Gasteiger partial charge in [-0.05, 0) is 49.9 Å². The van der Waals surface area contributed by atoms with Gasteiger partial charge in [-0.25, -0.2) is 0 Å². The van der Waals surface area contributed by atoms with Crippen LogP contribution in [0.5, 0.6) is 5.75 Å². The van der Waals surface area contributed by atoms with Gasteiger partial charge in [-0.3, -0.25) is 0 Å². The average Bonchev–Trinajstić information content (AvgIpc) is 2.85. The van der Waals surface area contributed by atoms with Crippen molar-refractivity contribution in [1.29, 1.82) is 0 Å². The second-order valence-electron chi connectivity index (χ2n) is 4.97. The van der Waals surface area contributed by atoms with Crippen LogP contribution in [-0.2, 0) is 11.2 Å². The van der Waals surface area contributed by atoms with E-state index in [0.29, 0.717) is 12.0 Å². The third-order valence-electron chi connectivity index (χ3n) is 3.70. The van der Waals surface area contributed by atoms with Gasteiger partial charge >= 0.3 is 0 Å². The Balaban J connectivity index is 1.89. The Labute approximate surface area is 109 Å². The van der Waals surface area contributed by atoms with Gasteiger partial charge in [0, 0.05) is 13.0 Å². The lowest BCUT2D eigenvalue weighted by atomic mass is 10.1. The normalized spacial score (nSPS) is 23.2. The van der Waals surface area contributed by atoms with Crippen LogP contribution in [0.25, 0.3) is 0 Å². The molecule has 0 saturated heterocycles. The summed E-state index contributed by atoms with van der Waals surface area (Å²) >= 11 is 0. The second kappa shape index (κ2) is 6.76. The molecule has 2 unspecified atom stereocenters. The van der Waals surface area contributed by atoms with E-state index in [-0.39, 0.29) is 0 Å². The molecule has 2 atom stereocenters. The highest BCUT2D eigenvalue weighted by atomic mass is 16.5. The summed E-state index contributed by atoms with van der Waals surface area (Å²) in [5.74, 6) is 1.49. The van der Waals surface area contributed by atoms with Gasteiger partial charge in [0.25, 0.3) is 0 Å². The van der Waals surface area contributed by atoms with Gasteiger partial charge in [0.15, 0.2) is 0 Å². The number of rotatable bonds is 6. The van der Waals surface area contributed by atoms with Crippen molar-refractivity contribution in [2.75, 3.05) is 20.3 Å².